The zero-order valence-electron chi connectivity index (χ0n) is 9.16. The van der Waals surface area contributed by atoms with E-state index in [1.165, 1.54) is 6.07 Å². The molecular weight excluding hydrogens is 242 g/mol. The maximum absolute atomic E-state index is 11.0. The summed E-state index contributed by atoms with van der Waals surface area (Å²) < 4.78 is 12.6. The molecule has 1 N–H and O–H groups in total. The van der Waals surface area contributed by atoms with Gasteiger partial charge in [-0.2, -0.15) is 0 Å². The van der Waals surface area contributed by atoms with E-state index < -0.39 is 16.8 Å². The molecule has 0 fully saturated rings. The van der Waals surface area contributed by atoms with Gasteiger partial charge in [0.2, 0.25) is 0 Å². The van der Waals surface area contributed by atoms with Crippen LogP contribution in [0.2, 0.25) is 0 Å². The maximum Gasteiger partial charge on any atom is 0.338 e. The van der Waals surface area contributed by atoms with E-state index in [1.807, 2.05) is 0 Å². The van der Waals surface area contributed by atoms with Crippen LogP contribution in [0.1, 0.15) is 10.4 Å². The first-order valence-corrected chi connectivity index (χ1v) is 6.68. The fourth-order valence-corrected chi connectivity index (χ4v) is 1.97. The third-order valence-corrected chi connectivity index (χ3v) is 3.12. The Morgan fingerprint density at radius 2 is 2.29 bits per heavy atom. The molecule has 6 nitrogen and oxygen atoms in total. The molecule has 0 saturated heterocycles. The van der Waals surface area contributed by atoms with Gasteiger partial charge < -0.3 is 5.11 Å². The van der Waals surface area contributed by atoms with Crippen molar-refractivity contribution in [2.45, 2.75) is 6.54 Å². The first-order chi connectivity index (χ1) is 8.09. The number of nitrogens with zero attached hydrogens (tertiary/aromatic N) is 3. The standard InChI is InChI=1S/C10H11N3O3S/c1-17(16)6-5-13-8-4-2-3-7(10(14)15)9(8)11-12-13/h2-4H,5-6H2,1H3,(H,14,15). The summed E-state index contributed by atoms with van der Waals surface area (Å²) in [6.07, 6.45) is 1.61. The minimum atomic E-state index is -1.03. The van der Waals surface area contributed by atoms with Gasteiger partial charge in [0, 0.05) is 22.8 Å². The number of aryl methyl sites for hydroxylation is 1. The van der Waals surface area contributed by atoms with Gasteiger partial charge in [-0.25, -0.2) is 9.48 Å². The van der Waals surface area contributed by atoms with Crippen molar-refractivity contribution in [3.63, 3.8) is 0 Å². The Labute approximate surface area is 99.7 Å². The molecule has 0 radical (unpaired) electrons. The van der Waals surface area contributed by atoms with E-state index in [1.54, 1.807) is 23.1 Å². The average molecular weight is 253 g/mol. The molecule has 1 atom stereocenters. The van der Waals surface area contributed by atoms with Crippen molar-refractivity contribution in [1.82, 2.24) is 15.0 Å². The predicted octanol–water partition coefficient (Wildman–Crippen LogP) is 0.508. The van der Waals surface area contributed by atoms with Crippen LogP contribution < -0.4 is 0 Å². The molecule has 1 aromatic heterocycles. The highest BCUT2D eigenvalue weighted by Gasteiger charge is 2.13. The first-order valence-electron chi connectivity index (χ1n) is 4.95. The fraction of sp³-hybridized carbons (Fsp3) is 0.300. The topological polar surface area (TPSA) is 85.1 Å². The number of benzene rings is 1. The molecule has 0 spiro atoms. The summed E-state index contributed by atoms with van der Waals surface area (Å²) in [7, 11) is -0.912. The molecule has 0 aliphatic heterocycles. The van der Waals surface area contributed by atoms with Crippen LogP contribution in [0.4, 0.5) is 0 Å². The van der Waals surface area contributed by atoms with Crippen molar-refractivity contribution in [3.05, 3.63) is 23.8 Å². The van der Waals surface area contributed by atoms with Crippen molar-refractivity contribution in [1.29, 1.82) is 0 Å². The molecule has 7 heteroatoms. The Balaban J connectivity index is 2.44. The normalized spacial score (nSPS) is 12.8. The van der Waals surface area contributed by atoms with Gasteiger partial charge in [-0.3, -0.25) is 4.21 Å². The second kappa shape index (κ2) is 4.62. The lowest BCUT2D eigenvalue weighted by Gasteiger charge is -2.00. The predicted molar refractivity (Wildman–Crippen MR) is 63.4 cm³/mol. The van der Waals surface area contributed by atoms with Crippen LogP contribution in [0.15, 0.2) is 18.2 Å². The van der Waals surface area contributed by atoms with Crippen molar-refractivity contribution in [3.8, 4) is 0 Å². The molecular formula is C10H11N3O3S. The SMILES string of the molecule is CS(=O)CCn1nnc2c(C(=O)O)cccc21. The summed E-state index contributed by atoms with van der Waals surface area (Å²) in [5.41, 5.74) is 1.14. The van der Waals surface area contributed by atoms with E-state index in [9.17, 15) is 9.00 Å². The molecule has 0 saturated carbocycles. The van der Waals surface area contributed by atoms with Gasteiger partial charge >= 0.3 is 5.97 Å². The van der Waals surface area contributed by atoms with Gasteiger partial charge in [0.15, 0.2) is 0 Å². The number of carboxylic acids is 1. The molecule has 2 rings (SSSR count). The first kappa shape index (κ1) is 11.7. The summed E-state index contributed by atoms with van der Waals surface area (Å²) in [6, 6.07) is 4.89. The minimum Gasteiger partial charge on any atom is -0.478 e. The number of aromatic nitrogens is 3. The van der Waals surface area contributed by atoms with Gasteiger partial charge in [0.1, 0.15) is 5.52 Å². The lowest BCUT2D eigenvalue weighted by atomic mass is 10.2. The lowest BCUT2D eigenvalue weighted by molar-refractivity contribution is 0.0699. The Hall–Kier alpha value is -1.76. The van der Waals surface area contributed by atoms with E-state index in [-0.39, 0.29) is 5.56 Å². The number of carbonyl (C=O) groups is 1. The quantitative estimate of drug-likeness (QED) is 0.858. The van der Waals surface area contributed by atoms with Crippen molar-refractivity contribution in [2.75, 3.05) is 12.0 Å². The number of fused-ring (bicyclic) bond motifs is 1. The number of carboxylic acid groups (broad SMARTS) is 1. The summed E-state index contributed by atoms with van der Waals surface area (Å²) in [6.45, 7) is 0.461. The summed E-state index contributed by atoms with van der Waals surface area (Å²) in [5, 5.41) is 16.7. The summed E-state index contributed by atoms with van der Waals surface area (Å²) in [5.74, 6) is -0.558. The van der Waals surface area contributed by atoms with E-state index in [4.69, 9.17) is 5.11 Å². The highest BCUT2D eigenvalue weighted by molar-refractivity contribution is 7.84. The second-order valence-electron chi connectivity index (χ2n) is 3.57. The largest absolute Gasteiger partial charge is 0.478 e. The molecule has 1 aromatic carbocycles. The van der Waals surface area contributed by atoms with E-state index in [2.05, 4.69) is 10.3 Å². The number of rotatable bonds is 4. The molecule has 0 bridgehead atoms. The lowest BCUT2D eigenvalue weighted by Crippen LogP contribution is -2.07. The zero-order valence-corrected chi connectivity index (χ0v) is 9.98. The van der Waals surface area contributed by atoms with Crippen LogP contribution >= 0.6 is 0 Å². The highest BCUT2D eigenvalue weighted by atomic mass is 32.2. The Kier molecular flexibility index (Phi) is 3.19. The van der Waals surface area contributed by atoms with Crippen LogP contribution in [0.3, 0.4) is 0 Å². The average Bonchev–Trinajstić information content (AvgIpc) is 2.68. The summed E-state index contributed by atoms with van der Waals surface area (Å²) >= 11 is 0. The van der Waals surface area contributed by atoms with Crippen LogP contribution in [-0.4, -0.2) is 42.3 Å². The van der Waals surface area contributed by atoms with Crippen LogP contribution in [0.5, 0.6) is 0 Å². The van der Waals surface area contributed by atoms with E-state index in [0.29, 0.717) is 23.3 Å². The molecule has 0 aliphatic rings. The molecule has 0 aliphatic carbocycles. The van der Waals surface area contributed by atoms with Crippen LogP contribution in [0, 0.1) is 0 Å². The molecule has 2 aromatic rings. The second-order valence-corrected chi connectivity index (χ2v) is 5.12. The molecule has 1 heterocycles. The van der Waals surface area contributed by atoms with E-state index in [0.717, 1.165) is 0 Å². The maximum atomic E-state index is 11.0. The van der Waals surface area contributed by atoms with Crippen molar-refractivity contribution >= 4 is 27.8 Å². The minimum absolute atomic E-state index is 0.131. The molecule has 17 heavy (non-hydrogen) atoms. The van der Waals surface area contributed by atoms with Crippen molar-refractivity contribution in [2.24, 2.45) is 0 Å². The van der Waals surface area contributed by atoms with Crippen LogP contribution in [-0.2, 0) is 17.3 Å². The summed E-state index contributed by atoms with van der Waals surface area (Å²) in [4.78, 5) is 11.0. The number of aromatic carboxylic acids is 1. The van der Waals surface area contributed by atoms with Crippen LogP contribution in [0.25, 0.3) is 11.0 Å². The third kappa shape index (κ3) is 2.33. The molecule has 90 valence electrons. The van der Waals surface area contributed by atoms with Gasteiger partial charge in [0.05, 0.1) is 17.6 Å². The number of hydrogen-bond acceptors (Lipinski definition) is 4. The monoisotopic (exact) mass is 253 g/mol. The van der Waals surface area contributed by atoms with Gasteiger partial charge in [-0.1, -0.05) is 11.3 Å². The smallest absolute Gasteiger partial charge is 0.338 e. The fourth-order valence-electron chi connectivity index (χ4n) is 1.54. The van der Waals surface area contributed by atoms with Gasteiger partial charge in [-0.05, 0) is 12.1 Å². The number of hydrogen-bond donors (Lipinski definition) is 1. The molecule has 0 amide bonds. The highest BCUT2D eigenvalue weighted by Crippen LogP contribution is 2.15. The zero-order chi connectivity index (χ0) is 12.4. The van der Waals surface area contributed by atoms with Crippen molar-refractivity contribution < 1.29 is 14.1 Å². The third-order valence-electron chi connectivity index (χ3n) is 2.37. The van der Waals surface area contributed by atoms with E-state index >= 15 is 0 Å². The Morgan fingerprint density at radius 3 is 2.94 bits per heavy atom. The van der Waals surface area contributed by atoms with Gasteiger partial charge in [-0.15, -0.1) is 5.10 Å². The van der Waals surface area contributed by atoms with Gasteiger partial charge in [0.25, 0.3) is 0 Å². The Bertz CT molecular complexity index is 593. The molecule has 1 unspecified atom stereocenters. The Morgan fingerprint density at radius 1 is 1.53 bits per heavy atom.